The minimum Gasteiger partial charge on any atom is -0.431 e. The lowest BCUT2D eigenvalue weighted by atomic mass is 9.75. The first-order valence-corrected chi connectivity index (χ1v) is 9.78. The molecule has 2 fully saturated rings. The van der Waals surface area contributed by atoms with Crippen molar-refractivity contribution in [3.63, 3.8) is 0 Å². The molecule has 2 aliphatic rings. The molecule has 1 aromatic heterocycles. The number of carbonyl (C=O) groups is 1. The molecule has 1 saturated heterocycles. The molecule has 0 bridgehead atoms. The molecule has 2 N–H and O–H groups in total. The van der Waals surface area contributed by atoms with Gasteiger partial charge in [-0.05, 0) is 36.7 Å². The third kappa shape index (κ3) is 5.02. The van der Waals surface area contributed by atoms with Crippen molar-refractivity contribution in [1.82, 2.24) is 9.55 Å². The van der Waals surface area contributed by atoms with Gasteiger partial charge in [0.05, 0.1) is 6.61 Å². The van der Waals surface area contributed by atoms with E-state index in [4.69, 9.17) is 24.7 Å². The van der Waals surface area contributed by atoms with Crippen molar-refractivity contribution < 1.29 is 23.7 Å². The summed E-state index contributed by atoms with van der Waals surface area (Å²) in [4.78, 5) is 27.7. The molecule has 156 valence electrons. The first-order valence-electron chi connectivity index (χ1n) is 9.78. The largest absolute Gasteiger partial charge is 0.508 e. The fourth-order valence-electron chi connectivity index (χ4n) is 3.87. The Hall–Kier alpha value is -2.13. The number of rotatable bonds is 5. The highest BCUT2D eigenvalue weighted by Gasteiger charge is 2.34. The minimum absolute atomic E-state index is 0.110. The van der Waals surface area contributed by atoms with Gasteiger partial charge in [-0.25, -0.2) is 9.59 Å². The SMILES string of the molecule is CC(C)[C@@H]1CC[C@@H](C)C[C@H]1OC(=O)OC[C@H]1OC[C@@H](n2ccc(N)nc2=O)O1. The van der Waals surface area contributed by atoms with E-state index in [0.717, 1.165) is 19.3 Å². The maximum absolute atomic E-state index is 12.2. The third-order valence-electron chi connectivity index (χ3n) is 5.44. The van der Waals surface area contributed by atoms with Crippen molar-refractivity contribution in [3.8, 4) is 0 Å². The highest BCUT2D eigenvalue weighted by Crippen LogP contribution is 2.35. The number of nitrogens with zero attached hydrogens (tertiary/aromatic N) is 2. The smallest absolute Gasteiger partial charge is 0.431 e. The van der Waals surface area contributed by atoms with Gasteiger partial charge in [-0.1, -0.05) is 27.2 Å². The summed E-state index contributed by atoms with van der Waals surface area (Å²) in [6.07, 6.45) is 2.29. The normalized spacial score (nSPS) is 30.4. The summed E-state index contributed by atoms with van der Waals surface area (Å²) in [5, 5.41) is 0. The summed E-state index contributed by atoms with van der Waals surface area (Å²) in [5.41, 5.74) is 4.95. The van der Waals surface area contributed by atoms with Crippen LogP contribution in [0.3, 0.4) is 0 Å². The summed E-state index contributed by atoms with van der Waals surface area (Å²) in [7, 11) is 0. The van der Waals surface area contributed by atoms with E-state index >= 15 is 0 Å². The monoisotopic (exact) mass is 395 g/mol. The topological polar surface area (TPSA) is 115 Å². The maximum Gasteiger partial charge on any atom is 0.508 e. The summed E-state index contributed by atoms with van der Waals surface area (Å²) in [6.45, 7) is 6.51. The van der Waals surface area contributed by atoms with Crippen LogP contribution in [-0.4, -0.2) is 41.3 Å². The van der Waals surface area contributed by atoms with Crippen molar-refractivity contribution in [2.45, 2.75) is 58.7 Å². The molecule has 1 aromatic rings. The van der Waals surface area contributed by atoms with Gasteiger partial charge < -0.3 is 24.7 Å². The molecule has 1 aliphatic carbocycles. The number of carbonyl (C=O) groups excluding carboxylic acids is 1. The number of nitrogens with two attached hydrogens (primary N) is 1. The molecular weight excluding hydrogens is 366 g/mol. The van der Waals surface area contributed by atoms with Crippen LogP contribution in [0.25, 0.3) is 0 Å². The van der Waals surface area contributed by atoms with E-state index in [-0.39, 0.29) is 25.1 Å². The summed E-state index contributed by atoms with van der Waals surface area (Å²) in [5.74, 6) is 1.46. The van der Waals surface area contributed by atoms with Crippen LogP contribution < -0.4 is 11.4 Å². The van der Waals surface area contributed by atoms with Gasteiger partial charge >= 0.3 is 11.8 Å². The van der Waals surface area contributed by atoms with Gasteiger partial charge in [0, 0.05) is 6.20 Å². The van der Waals surface area contributed by atoms with Gasteiger partial charge in [-0.3, -0.25) is 4.57 Å². The molecule has 0 aromatic carbocycles. The first-order chi connectivity index (χ1) is 13.3. The average Bonchev–Trinajstić information content (AvgIpc) is 3.08. The molecule has 0 unspecified atom stereocenters. The fraction of sp³-hybridized carbons (Fsp3) is 0.737. The van der Waals surface area contributed by atoms with E-state index in [1.165, 1.54) is 16.8 Å². The van der Waals surface area contributed by atoms with Crippen LogP contribution in [0.1, 0.15) is 46.3 Å². The van der Waals surface area contributed by atoms with Crippen LogP contribution in [0, 0.1) is 17.8 Å². The van der Waals surface area contributed by atoms with Crippen LogP contribution in [0.15, 0.2) is 17.1 Å². The number of anilines is 1. The van der Waals surface area contributed by atoms with Gasteiger partial charge in [0.15, 0.2) is 12.5 Å². The van der Waals surface area contributed by atoms with E-state index in [1.54, 1.807) is 0 Å². The van der Waals surface area contributed by atoms with Crippen molar-refractivity contribution in [3.05, 3.63) is 22.7 Å². The van der Waals surface area contributed by atoms with E-state index < -0.39 is 24.4 Å². The second-order valence-corrected chi connectivity index (χ2v) is 7.94. The van der Waals surface area contributed by atoms with E-state index in [1.807, 2.05) is 0 Å². The fourth-order valence-corrected chi connectivity index (χ4v) is 3.87. The average molecular weight is 395 g/mol. The molecule has 28 heavy (non-hydrogen) atoms. The Labute approximate surface area is 164 Å². The molecule has 3 rings (SSSR count). The van der Waals surface area contributed by atoms with Crippen LogP contribution >= 0.6 is 0 Å². The molecule has 0 amide bonds. The molecule has 9 heteroatoms. The van der Waals surface area contributed by atoms with Crippen molar-refractivity contribution in [2.75, 3.05) is 18.9 Å². The van der Waals surface area contributed by atoms with Crippen molar-refractivity contribution >= 4 is 12.0 Å². The molecule has 1 aliphatic heterocycles. The zero-order chi connectivity index (χ0) is 20.3. The Morgan fingerprint density at radius 2 is 2.21 bits per heavy atom. The highest BCUT2D eigenvalue weighted by molar-refractivity contribution is 5.60. The Kier molecular flexibility index (Phi) is 6.56. The van der Waals surface area contributed by atoms with Crippen LogP contribution in [-0.2, 0) is 18.9 Å². The molecular formula is C19H29N3O6. The number of hydrogen-bond acceptors (Lipinski definition) is 8. The van der Waals surface area contributed by atoms with Crippen LogP contribution in [0.5, 0.6) is 0 Å². The van der Waals surface area contributed by atoms with Crippen LogP contribution in [0.4, 0.5) is 10.6 Å². The lowest BCUT2D eigenvalue weighted by Crippen LogP contribution is -2.36. The maximum atomic E-state index is 12.2. The van der Waals surface area contributed by atoms with Gasteiger partial charge in [0.1, 0.15) is 18.5 Å². The number of ether oxygens (including phenoxy) is 4. The lowest BCUT2D eigenvalue weighted by molar-refractivity contribution is -0.115. The number of aromatic nitrogens is 2. The van der Waals surface area contributed by atoms with E-state index in [2.05, 4.69) is 25.8 Å². The zero-order valence-corrected chi connectivity index (χ0v) is 16.6. The second-order valence-electron chi connectivity index (χ2n) is 7.94. The molecule has 2 heterocycles. The number of nitrogen functional groups attached to an aromatic ring is 1. The molecule has 0 spiro atoms. The van der Waals surface area contributed by atoms with Crippen LogP contribution in [0.2, 0.25) is 0 Å². The Morgan fingerprint density at radius 3 is 2.93 bits per heavy atom. The molecule has 5 atom stereocenters. The van der Waals surface area contributed by atoms with Crippen molar-refractivity contribution in [2.24, 2.45) is 17.8 Å². The molecule has 9 nitrogen and oxygen atoms in total. The Balaban J connectivity index is 1.48. The van der Waals surface area contributed by atoms with E-state index in [9.17, 15) is 9.59 Å². The second kappa shape index (κ2) is 8.91. The predicted octanol–water partition coefficient (Wildman–Crippen LogP) is 2.31. The van der Waals surface area contributed by atoms with Crippen molar-refractivity contribution in [1.29, 1.82) is 0 Å². The van der Waals surface area contributed by atoms with E-state index in [0.29, 0.717) is 17.8 Å². The standard InChI is InChI=1S/C19H29N3O6/c1-11(2)13-5-4-12(3)8-14(13)27-19(24)26-10-17-25-9-16(28-17)22-7-6-15(20)21-18(22)23/h6-7,11-14,16-17H,4-5,8-10H2,1-3H3,(H2,20,21,23)/t12-,13+,14-,16+,17+/m1/s1. The first kappa shape index (κ1) is 20.6. The zero-order valence-electron chi connectivity index (χ0n) is 16.6. The molecule has 1 saturated carbocycles. The summed E-state index contributed by atoms with van der Waals surface area (Å²) in [6, 6.07) is 1.50. The summed E-state index contributed by atoms with van der Waals surface area (Å²) < 4.78 is 23.1. The Bertz CT molecular complexity index is 737. The quantitative estimate of drug-likeness (QED) is 0.755. The third-order valence-corrected chi connectivity index (χ3v) is 5.44. The highest BCUT2D eigenvalue weighted by atomic mass is 16.8. The van der Waals surface area contributed by atoms with Gasteiger partial charge in [0.2, 0.25) is 0 Å². The number of hydrogen-bond donors (Lipinski definition) is 1. The van der Waals surface area contributed by atoms with Gasteiger partial charge in [0.25, 0.3) is 0 Å². The summed E-state index contributed by atoms with van der Waals surface area (Å²) >= 11 is 0. The Morgan fingerprint density at radius 1 is 1.43 bits per heavy atom. The minimum atomic E-state index is -0.770. The predicted molar refractivity (Wildman–Crippen MR) is 100 cm³/mol. The van der Waals surface area contributed by atoms with Gasteiger partial charge in [-0.2, -0.15) is 4.98 Å². The lowest BCUT2D eigenvalue weighted by Gasteiger charge is -2.36. The molecule has 0 radical (unpaired) electrons. The van der Waals surface area contributed by atoms with Gasteiger partial charge in [-0.15, -0.1) is 0 Å².